The average molecular weight is 439 g/mol. The first-order chi connectivity index (χ1) is 15.6. The van der Waals surface area contributed by atoms with E-state index < -0.39 is 0 Å². The minimum absolute atomic E-state index is 0.00839. The lowest BCUT2D eigenvalue weighted by Gasteiger charge is -2.48. The summed E-state index contributed by atoms with van der Waals surface area (Å²) in [6.45, 7) is 5.51. The van der Waals surface area contributed by atoms with Crippen molar-refractivity contribution in [3.63, 3.8) is 0 Å². The minimum atomic E-state index is -0.0777. The average Bonchev–Trinajstić information content (AvgIpc) is 3.58. The van der Waals surface area contributed by atoms with Crippen molar-refractivity contribution in [3.8, 4) is 11.5 Å². The van der Waals surface area contributed by atoms with E-state index >= 15 is 0 Å². The van der Waals surface area contributed by atoms with Crippen LogP contribution in [0.25, 0.3) is 0 Å². The zero-order valence-corrected chi connectivity index (χ0v) is 19.1. The predicted octanol–water partition coefficient (Wildman–Crippen LogP) is 3.82. The molecule has 32 heavy (non-hydrogen) atoms. The Balaban J connectivity index is 1.30. The first-order valence-corrected chi connectivity index (χ1v) is 12.6. The van der Waals surface area contributed by atoms with Crippen LogP contribution >= 0.6 is 0 Å². The van der Waals surface area contributed by atoms with Crippen LogP contribution in [0.1, 0.15) is 75.5 Å². The molecule has 0 aromatic heterocycles. The fourth-order valence-corrected chi connectivity index (χ4v) is 6.58. The van der Waals surface area contributed by atoms with E-state index in [0.717, 1.165) is 63.1 Å². The summed E-state index contributed by atoms with van der Waals surface area (Å²) in [6.07, 6.45) is 8.50. The molecule has 3 fully saturated rings. The summed E-state index contributed by atoms with van der Waals surface area (Å²) in [5, 5.41) is 0. The van der Waals surface area contributed by atoms with Crippen LogP contribution in [0.5, 0.6) is 11.5 Å². The number of nitrogens with zero attached hydrogens (tertiary/aromatic N) is 2. The number of rotatable bonds is 2. The van der Waals surface area contributed by atoms with Gasteiger partial charge in [0, 0.05) is 31.0 Å². The molecule has 0 bridgehead atoms. The van der Waals surface area contributed by atoms with E-state index in [1.54, 1.807) is 0 Å². The van der Waals surface area contributed by atoms with E-state index in [1.807, 2.05) is 4.90 Å². The number of carbonyl (C=O) groups is 2. The van der Waals surface area contributed by atoms with E-state index in [-0.39, 0.29) is 35.1 Å². The number of likely N-dealkylation sites (tertiary alicyclic amines) is 1. The number of hydrogen-bond donors (Lipinski definition) is 0. The van der Waals surface area contributed by atoms with Crippen molar-refractivity contribution < 1.29 is 19.1 Å². The molecule has 2 unspecified atom stereocenters. The van der Waals surface area contributed by atoms with Gasteiger partial charge >= 0.3 is 0 Å². The highest BCUT2D eigenvalue weighted by Gasteiger charge is 2.48. The molecule has 1 spiro atoms. The molecule has 2 aliphatic carbocycles. The van der Waals surface area contributed by atoms with E-state index in [0.29, 0.717) is 19.8 Å². The number of fused-ring (bicyclic) bond motifs is 3. The Morgan fingerprint density at radius 2 is 1.66 bits per heavy atom. The van der Waals surface area contributed by atoms with Crippen molar-refractivity contribution in [2.75, 3.05) is 32.8 Å². The van der Waals surface area contributed by atoms with Crippen molar-refractivity contribution in [2.24, 2.45) is 11.8 Å². The van der Waals surface area contributed by atoms with Crippen molar-refractivity contribution in [1.82, 2.24) is 9.80 Å². The highest BCUT2D eigenvalue weighted by Crippen LogP contribution is 2.52. The largest absolute Gasteiger partial charge is 0.486 e. The summed E-state index contributed by atoms with van der Waals surface area (Å²) in [5.74, 6) is 2.32. The number of piperidine rings is 1. The molecule has 1 saturated heterocycles. The second kappa shape index (κ2) is 7.67. The Bertz CT molecular complexity index is 934. The molecule has 0 radical (unpaired) electrons. The summed E-state index contributed by atoms with van der Waals surface area (Å²) >= 11 is 0. The van der Waals surface area contributed by atoms with Crippen molar-refractivity contribution in [1.29, 1.82) is 0 Å². The lowest BCUT2D eigenvalue weighted by Crippen LogP contribution is -2.53. The Morgan fingerprint density at radius 1 is 0.938 bits per heavy atom. The molecule has 0 N–H and O–H groups in total. The maximum Gasteiger partial charge on any atom is 0.228 e. The van der Waals surface area contributed by atoms with E-state index in [4.69, 9.17) is 9.47 Å². The molecule has 2 saturated carbocycles. The van der Waals surface area contributed by atoms with Crippen molar-refractivity contribution >= 4 is 11.8 Å². The Kier molecular flexibility index (Phi) is 4.88. The quantitative estimate of drug-likeness (QED) is 0.704. The van der Waals surface area contributed by atoms with E-state index in [2.05, 4.69) is 24.0 Å². The SMILES string of the molecule is CC1c2cc3c(cc2C2(CCCC2)CN1C(=O)C1CCCN(C(=O)C2CC2)C1)OCCO3. The summed E-state index contributed by atoms with van der Waals surface area (Å²) < 4.78 is 11.8. The Morgan fingerprint density at radius 3 is 2.38 bits per heavy atom. The summed E-state index contributed by atoms with van der Waals surface area (Å²) in [4.78, 5) is 30.6. The molecule has 6 rings (SSSR count). The lowest BCUT2D eigenvalue weighted by molar-refractivity contribution is -0.144. The summed E-state index contributed by atoms with van der Waals surface area (Å²) in [7, 11) is 0. The van der Waals surface area contributed by atoms with Crippen LogP contribution in [0.2, 0.25) is 0 Å². The molecule has 3 heterocycles. The van der Waals surface area contributed by atoms with Crippen molar-refractivity contribution in [3.05, 3.63) is 23.3 Å². The Hall–Kier alpha value is -2.24. The third-order valence-electron chi connectivity index (χ3n) is 8.53. The molecule has 172 valence electrons. The zero-order chi connectivity index (χ0) is 21.9. The third-order valence-corrected chi connectivity index (χ3v) is 8.53. The second-order valence-corrected chi connectivity index (χ2v) is 10.6. The van der Waals surface area contributed by atoms with Gasteiger partial charge in [0.2, 0.25) is 11.8 Å². The van der Waals surface area contributed by atoms with E-state index in [1.165, 1.54) is 24.0 Å². The lowest BCUT2D eigenvalue weighted by atomic mass is 9.71. The van der Waals surface area contributed by atoms with Gasteiger partial charge in [-0.3, -0.25) is 9.59 Å². The van der Waals surface area contributed by atoms with Crippen LogP contribution in [0.3, 0.4) is 0 Å². The number of amides is 2. The summed E-state index contributed by atoms with van der Waals surface area (Å²) in [5.41, 5.74) is 2.60. The van der Waals surface area contributed by atoms with Gasteiger partial charge in [-0.2, -0.15) is 0 Å². The summed E-state index contributed by atoms with van der Waals surface area (Å²) in [6, 6.07) is 4.36. The maximum atomic E-state index is 13.9. The van der Waals surface area contributed by atoms with E-state index in [9.17, 15) is 9.59 Å². The first kappa shape index (κ1) is 20.4. The molecule has 6 heteroatoms. The predicted molar refractivity (Wildman–Crippen MR) is 120 cm³/mol. The standard InChI is InChI=1S/C26H34N2O4/c1-17-20-13-22-23(32-12-11-31-22)14-21(20)26(8-2-3-9-26)16-28(17)25(30)19-5-4-10-27(15-19)24(29)18-6-7-18/h13-14,17-19H,2-12,15-16H2,1H3. The smallest absolute Gasteiger partial charge is 0.228 e. The van der Waals surface area contributed by atoms with Gasteiger partial charge in [-0.15, -0.1) is 0 Å². The monoisotopic (exact) mass is 438 g/mol. The fraction of sp³-hybridized carbons (Fsp3) is 0.692. The van der Waals surface area contributed by atoms with Gasteiger partial charge < -0.3 is 19.3 Å². The van der Waals surface area contributed by atoms with Gasteiger partial charge in [0.05, 0.1) is 12.0 Å². The van der Waals surface area contributed by atoms with Gasteiger partial charge in [-0.05, 0) is 68.7 Å². The molecule has 1 aromatic rings. The van der Waals surface area contributed by atoms with Crippen LogP contribution in [0.4, 0.5) is 0 Å². The molecule has 5 aliphatic rings. The highest BCUT2D eigenvalue weighted by atomic mass is 16.6. The molecule has 2 atom stereocenters. The third kappa shape index (κ3) is 3.29. The van der Waals surface area contributed by atoms with Crippen molar-refractivity contribution in [2.45, 2.75) is 69.7 Å². The normalized spacial score (nSPS) is 28.5. The van der Waals surface area contributed by atoms with Crippen LogP contribution in [-0.2, 0) is 15.0 Å². The van der Waals surface area contributed by atoms with Crippen LogP contribution < -0.4 is 9.47 Å². The van der Waals surface area contributed by atoms with Gasteiger partial charge in [-0.1, -0.05) is 12.8 Å². The maximum absolute atomic E-state index is 13.9. The van der Waals surface area contributed by atoms with Gasteiger partial charge in [0.15, 0.2) is 11.5 Å². The topological polar surface area (TPSA) is 59.1 Å². The minimum Gasteiger partial charge on any atom is -0.486 e. The second-order valence-electron chi connectivity index (χ2n) is 10.6. The van der Waals surface area contributed by atoms with Gasteiger partial charge in [0.1, 0.15) is 13.2 Å². The first-order valence-electron chi connectivity index (χ1n) is 12.6. The molecular weight excluding hydrogens is 404 g/mol. The highest BCUT2D eigenvalue weighted by molar-refractivity contribution is 5.84. The van der Waals surface area contributed by atoms with Crippen LogP contribution in [0.15, 0.2) is 12.1 Å². The van der Waals surface area contributed by atoms with Crippen LogP contribution in [-0.4, -0.2) is 54.5 Å². The van der Waals surface area contributed by atoms with Crippen LogP contribution in [0, 0.1) is 11.8 Å². The molecule has 6 nitrogen and oxygen atoms in total. The number of carbonyl (C=O) groups excluding carboxylic acids is 2. The van der Waals surface area contributed by atoms with Gasteiger partial charge in [0.25, 0.3) is 0 Å². The number of hydrogen-bond acceptors (Lipinski definition) is 4. The molecular formula is C26H34N2O4. The molecule has 1 aromatic carbocycles. The Labute approximate surface area is 190 Å². The zero-order valence-electron chi connectivity index (χ0n) is 19.1. The molecule has 2 amide bonds. The van der Waals surface area contributed by atoms with Gasteiger partial charge in [-0.25, -0.2) is 0 Å². The molecule has 3 aliphatic heterocycles. The number of ether oxygens (including phenoxy) is 2. The number of benzene rings is 1. The fourth-order valence-electron chi connectivity index (χ4n) is 6.58.